The number of halogens is 5. The SMILES string of the molecule is CCC(CC)[C@H]1C(=O)N(C)[C@H](C)CC(=O)N(C)[C@H]2CCC/C=C/C3CCC(CC3)C[C@@H](C(=O)N(C)CC(=O)N[C@@H](CCC3CC(F)C(C(F)(F)F)C(F)C3)C(=O)N3C[C@H](OC(C)C)C[C@H]3C(=O)NC3(CC(C)(C)C3)C(=O)N1C)N1CC/C=C\C[C@@H](C1=O)N(C)C(=O)CN(C)C(=O)[C@H]([C@@H](C)CC)NC2=O. The van der Waals surface area contributed by atoms with E-state index in [4.69, 9.17) is 4.74 Å². The highest BCUT2D eigenvalue weighted by molar-refractivity contribution is 6.00. The van der Waals surface area contributed by atoms with E-state index in [2.05, 4.69) is 28.1 Å². The standard InChI is InChI=1S/C76H120F5N11O12/c1-16-46(6)64-71(101)86(11)42-62(95)89(14)57-27-23-20-24-34-91(70(57)100)59-38-49-30-28-48(29-31-49)25-21-19-22-26-56(66(96)83-64)88(13)61(94)35-47(7)87(12)72(102)65(51(17-2)18-3)90(15)73(103)75(43-74(8,9)44-75)84-67(97)58-39-52(104-45(4)5)40-92(58)68(98)55(82-60(93)41-85(10)69(59)99)33-32-50-36-53(77)63(54(78)37-50)76(79,80)81/h20-21,23,25,45-59,63-65H,16-19,22,24,26-44H2,1-15H3,(H,82,93)(H,83,96)(H,84,97)/b23-20-,25-21+/t46-,47+,48?,49?,50?,52+,53?,54?,55-,56-,57-,58-,59-,63?,64-,65-/m0/s1. The van der Waals surface area contributed by atoms with Gasteiger partial charge in [-0.1, -0.05) is 85.1 Å². The quantitative estimate of drug-likeness (QED) is 0.108. The molecule has 11 amide bonds. The summed E-state index contributed by atoms with van der Waals surface area (Å²) >= 11 is 0. The first-order valence-electron chi connectivity index (χ1n) is 38.2. The third-order valence-corrected chi connectivity index (χ3v) is 23.7. The largest absolute Gasteiger partial charge is 0.397 e. The highest BCUT2D eigenvalue weighted by Crippen LogP contribution is 2.50. The van der Waals surface area contributed by atoms with Crippen molar-refractivity contribution < 1.29 is 79.4 Å². The predicted molar refractivity (Wildman–Crippen MR) is 381 cm³/mol. The number of carbonyl (C=O) groups excluding carboxylic acids is 11. The molecule has 23 nitrogen and oxygen atoms in total. The molecule has 0 aromatic carbocycles. The number of allylic oxidation sites excluding steroid dienone is 2. The molecule has 6 bridgehead atoms. The number of carbonyl (C=O) groups is 11. The van der Waals surface area contributed by atoms with Crippen LogP contribution >= 0.6 is 0 Å². The molecule has 12 atom stereocenters. The molecule has 5 aliphatic heterocycles. The molecule has 0 aromatic rings. The van der Waals surface area contributed by atoms with Crippen LogP contribution in [-0.2, 0) is 57.5 Å². The molecule has 8 rings (SSSR count). The number of fused-ring (bicyclic) bond motifs is 9. The summed E-state index contributed by atoms with van der Waals surface area (Å²) in [7, 11) is 8.80. The molecule has 2 unspecified atom stereocenters. The monoisotopic (exact) mass is 1470 g/mol. The summed E-state index contributed by atoms with van der Waals surface area (Å²) in [5.41, 5.74) is -2.17. The fourth-order valence-corrected chi connectivity index (χ4v) is 17.4. The molecule has 3 N–H and O–H groups in total. The maximum atomic E-state index is 15.7. The zero-order valence-corrected chi connectivity index (χ0v) is 64.2. The van der Waals surface area contributed by atoms with Crippen LogP contribution in [0, 0.1) is 40.9 Å². The van der Waals surface area contributed by atoms with Crippen LogP contribution in [0.4, 0.5) is 22.0 Å². The predicted octanol–water partition coefficient (Wildman–Crippen LogP) is 7.68. The molecule has 3 saturated carbocycles. The molecule has 586 valence electrons. The molecular weight excluding hydrogens is 1350 g/mol. The van der Waals surface area contributed by atoms with Crippen molar-refractivity contribution in [3.05, 3.63) is 24.3 Å². The van der Waals surface area contributed by atoms with E-state index in [0.29, 0.717) is 51.4 Å². The Morgan fingerprint density at radius 2 is 1.24 bits per heavy atom. The molecular formula is C76H120F5N11O12. The molecule has 104 heavy (non-hydrogen) atoms. The van der Waals surface area contributed by atoms with Crippen LogP contribution in [0.25, 0.3) is 0 Å². The van der Waals surface area contributed by atoms with Gasteiger partial charge < -0.3 is 59.9 Å². The number of hydrogen-bond donors (Lipinski definition) is 3. The highest BCUT2D eigenvalue weighted by atomic mass is 19.4. The van der Waals surface area contributed by atoms with Gasteiger partial charge in [-0.15, -0.1) is 0 Å². The van der Waals surface area contributed by atoms with Crippen molar-refractivity contribution in [2.24, 2.45) is 40.9 Å². The zero-order chi connectivity index (χ0) is 77.2. The highest BCUT2D eigenvalue weighted by Gasteiger charge is 2.60. The van der Waals surface area contributed by atoms with Gasteiger partial charge in [0.2, 0.25) is 65.0 Å². The normalized spacial score (nSPS) is 33.3. The second-order valence-electron chi connectivity index (χ2n) is 32.4. The lowest BCUT2D eigenvalue weighted by atomic mass is 9.58. The molecule has 1 saturated heterocycles. The summed E-state index contributed by atoms with van der Waals surface area (Å²) in [6.45, 7) is 15.0. The van der Waals surface area contributed by atoms with Gasteiger partial charge in [-0.05, 0) is 159 Å². The molecule has 0 aromatic heterocycles. The van der Waals surface area contributed by atoms with Crippen LogP contribution < -0.4 is 16.0 Å². The summed E-state index contributed by atoms with van der Waals surface area (Å²) in [6, 6.07) is -9.60. The van der Waals surface area contributed by atoms with E-state index in [-0.39, 0.29) is 82.7 Å². The Balaban J connectivity index is 1.36. The minimum Gasteiger partial charge on any atom is -0.374 e. The molecule has 28 heteroatoms. The third-order valence-electron chi connectivity index (χ3n) is 23.7. The summed E-state index contributed by atoms with van der Waals surface area (Å²) in [5.74, 6) is -11.9. The summed E-state index contributed by atoms with van der Waals surface area (Å²) in [5, 5.41) is 8.78. The van der Waals surface area contributed by atoms with Gasteiger partial charge in [0, 0.05) is 74.3 Å². The van der Waals surface area contributed by atoms with Gasteiger partial charge in [0.15, 0.2) is 0 Å². The van der Waals surface area contributed by atoms with Gasteiger partial charge in [0.05, 0.1) is 25.3 Å². The van der Waals surface area contributed by atoms with Crippen molar-refractivity contribution in [3.63, 3.8) is 0 Å². The van der Waals surface area contributed by atoms with E-state index < -0.39 is 205 Å². The van der Waals surface area contributed by atoms with E-state index in [0.717, 1.165) is 17.7 Å². The van der Waals surface area contributed by atoms with E-state index in [9.17, 15) is 37.1 Å². The summed E-state index contributed by atoms with van der Waals surface area (Å²) < 4.78 is 79.3. The number of nitrogens with one attached hydrogen (secondary N) is 3. The Morgan fingerprint density at radius 1 is 0.615 bits per heavy atom. The van der Waals surface area contributed by atoms with Gasteiger partial charge in [-0.2, -0.15) is 13.2 Å². The average Bonchev–Trinajstić information content (AvgIpc) is 0.987. The van der Waals surface area contributed by atoms with Crippen LogP contribution in [-0.4, -0.2) is 257 Å². The van der Waals surface area contributed by atoms with E-state index >= 15 is 37.5 Å². The molecule has 8 aliphatic rings. The first kappa shape index (κ1) is 84.5. The number of amides is 11. The lowest BCUT2D eigenvalue weighted by Gasteiger charge is -2.54. The number of likely N-dealkylation sites (N-methyl/N-ethyl adjacent to an activating group) is 6. The maximum Gasteiger partial charge on any atom is 0.397 e. The van der Waals surface area contributed by atoms with Crippen molar-refractivity contribution in [2.75, 3.05) is 68.5 Å². The van der Waals surface area contributed by atoms with Crippen LogP contribution in [0.2, 0.25) is 0 Å². The topological polar surface area (TPSA) is 259 Å². The number of hydrogen-bond acceptors (Lipinski definition) is 12. The van der Waals surface area contributed by atoms with Gasteiger partial charge in [-0.25, -0.2) is 8.78 Å². The molecule has 0 radical (unpaired) electrons. The number of nitrogens with zero attached hydrogens (tertiary/aromatic N) is 8. The van der Waals surface area contributed by atoms with Crippen LogP contribution in [0.1, 0.15) is 197 Å². The summed E-state index contributed by atoms with van der Waals surface area (Å²) in [6.07, 6.45) is -0.281. The lowest BCUT2D eigenvalue weighted by Crippen LogP contribution is -2.71. The second-order valence-corrected chi connectivity index (χ2v) is 32.4. The van der Waals surface area contributed by atoms with Crippen LogP contribution in [0.3, 0.4) is 0 Å². The zero-order valence-electron chi connectivity index (χ0n) is 64.2. The number of ether oxygens (including phenoxy) is 1. The van der Waals surface area contributed by atoms with E-state index in [1.807, 2.05) is 40.7 Å². The molecule has 3 aliphatic carbocycles. The van der Waals surface area contributed by atoms with Crippen molar-refractivity contribution in [1.29, 1.82) is 0 Å². The second kappa shape index (κ2) is 36.2. The average molecular weight is 1470 g/mol. The fraction of sp³-hybridized carbons (Fsp3) is 0.803. The smallest absolute Gasteiger partial charge is 0.374 e. The lowest BCUT2D eigenvalue weighted by molar-refractivity contribution is -0.219. The van der Waals surface area contributed by atoms with Crippen molar-refractivity contribution in [3.8, 4) is 0 Å². The fourth-order valence-electron chi connectivity index (χ4n) is 17.4. The minimum atomic E-state index is -5.17. The third kappa shape index (κ3) is 20.5. The van der Waals surface area contributed by atoms with Crippen molar-refractivity contribution >= 4 is 65.0 Å². The Labute approximate surface area is 612 Å². The van der Waals surface area contributed by atoms with E-state index in [1.165, 1.54) is 69.5 Å². The van der Waals surface area contributed by atoms with Gasteiger partial charge in [-0.3, -0.25) is 52.7 Å². The Bertz CT molecular complexity index is 3100. The van der Waals surface area contributed by atoms with Crippen LogP contribution in [0.15, 0.2) is 24.3 Å². The van der Waals surface area contributed by atoms with Gasteiger partial charge in [0.25, 0.3) is 0 Å². The number of rotatable bonds is 10. The van der Waals surface area contributed by atoms with Gasteiger partial charge >= 0.3 is 6.18 Å². The van der Waals surface area contributed by atoms with Crippen molar-refractivity contribution in [1.82, 2.24) is 55.1 Å². The Hall–Kier alpha value is -6.74. The first-order valence-corrected chi connectivity index (χ1v) is 38.2. The minimum absolute atomic E-state index is 0.0318. The van der Waals surface area contributed by atoms with Crippen LogP contribution in [0.5, 0.6) is 0 Å². The molecule has 4 fully saturated rings. The maximum absolute atomic E-state index is 15.7. The van der Waals surface area contributed by atoms with E-state index in [1.54, 1.807) is 40.8 Å². The molecule has 1 spiro atoms. The Morgan fingerprint density at radius 3 is 1.84 bits per heavy atom. The molecule has 5 heterocycles. The summed E-state index contributed by atoms with van der Waals surface area (Å²) in [4.78, 5) is 178. The van der Waals surface area contributed by atoms with Gasteiger partial charge in [0.1, 0.15) is 66.1 Å². The number of alkyl halides is 5. The first-order chi connectivity index (χ1) is 48.8. The van der Waals surface area contributed by atoms with Crippen molar-refractivity contribution in [2.45, 2.75) is 282 Å². The Kier molecular flexibility index (Phi) is 29.4.